The molecule has 0 unspecified atom stereocenters. The van der Waals surface area contributed by atoms with Crippen LogP contribution in [0, 0.1) is 5.82 Å². The van der Waals surface area contributed by atoms with E-state index in [1.807, 2.05) is 24.5 Å². The minimum Gasteiger partial charge on any atom is -0.332 e. The van der Waals surface area contributed by atoms with Crippen LogP contribution in [0.1, 0.15) is 10.4 Å². The lowest BCUT2D eigenvalue weighted by Gasteiger charge is -2.18. The number of amides is 2. The van der Waals surface area contributed by atoms with Crippen LogP contribution in [0.5, 0.6) is 0 Å². The molecule has 2 aromatic carbocycles. The summed E-state index contributed by atoms with van der Waals surface area (Å²) in [5, 5.41) is 2.77. The average Bonchev–Trinajstić information content (AvgIpc) is 2.54. The molecule has 0 spiro atoms. The van der Waals surface area contributed by atoms with E-state index >= 15 is 0 Å². The fourth-order valence-electron chi connectivity index (χ4n) is 2.09. The van der Waals surface area contributed by atoms with Crippen molar-refractivity contribution in [2.45, 2.75) is 4.90 Å². The lowest BCUT2D eigenvalue weighted by molar-refractivity contribution is -0.116. The number of halogens is 2. The van der Waals surface area contributed by atoms with Crippen molar-refractivity contribution >= 4 is 45.2 Å². The number of para-hydroxylation sites is 1. The Bertz CT molecular complexity index is 770. The van der Waals surface area contributed by atoms with Crippen LogP contribution in [-0.2, 0) is 4.79 Å². The molecule has 0 fully saturated rings. The molecule has 0 atom stereocenters. The monoisotopic (exact) mass is 410 g/mol. The zero-order chi connectivity index (χ0) is 17.7. The van der Waals surface area contributed by atoms with E-state index in [4.69, 9.17) is 0 Å². The maximum absolute atomic E-state index is 13.9. The van der Waals surface area contributed by atoms with Gasteiger partial charge in [-0.15, -0.1) is 11.8 Å². The van der Waals surface area contributed by atoms with Crippen LogP contribution < -0.4 is 5.32 Å². The highest BCUT2D eigenvalue weighted by atomic mass is 79.9. The molecular weight excluding hydrogens is 395 g/mol. The Hall–Kier alpha value is -1.86. The quantitative estimate of drug-likeness (QED) is 0.757. The van der Waals surface area contributed by atoms with E-state index in [0.29, 0.717) is 10.2 Å². The third kappa shape index (κ3) is 4.58. The molecule has 1 N–H and O–H groups in total. The molecule has 126 valence electrons. The second-order valence-electron chi connectivity index (χ2n) is 5.03. The summed E-state index contributed by atoms with van der Waals surface area (Å²) < 4.78 is 14.4. The van der Waals surface area contributed by atoms with Gasteiger partial charge in [0.2, 0.25) is 5.91 Å². The van der Waals surface area contributed by atoms with Crippen molar-refractivity contribution in [3.8, 4) is 0 Å². The third-order valence-corrected chi connectivity index (χ3v) is 4.56. The van der Waals surface area contributed by atoms with Crippen molar-refractivity contribution in [2.24, 2.45) is 0 Å². The van der Waals surface area contributed by atoms with Crippen LogP contribution in [0.2, 0.25) is 0 Å². The highest BCUT2D eigenvalue weighted by molar-refractivity contribution is 9.10. The maximum atomic E-state index is 13.9. The van der Waals surface area contributed by atoms with Gasteiger partial charge in [-0.2, -0.15) is 0 Å². The topological polar surface area (TPSA) is 49.4 Å². The molecular formula is C17H16BrFN2O2S. The molecule has 0 heterocycles. The minimum absolute atomic E-state index is 0.0713. The molecule has 0 bridgehead atoms. The van der Waals surface area contributed by atoms with Gasteiger partial charge in [0.1, 0.15) is 5.82 Å². The standard InChI is InChI=1S/C17H16BrFN2O2S/c1-21(17(23)12-8-7-11(18)9-13(12)19)10-16(22)20-14-5-3-4-6-15(14)24-2/h3-9H,10H2,1-2H3,(H,20,22). The van der Waals surface area contributed by atoms with Gasteiger partial charge in [0.05, 0.1) is 17.8 Å². The molecule has 0 aliphatic heterocycles. The molecule has 0 aliphatic rings. The van der Waals surface area contributed by atoms with Gasteiger partial charge in [0.25, 0.3) is 5.91 Å². The summed E-state index contributed by atoms with van der Waals surface area (Å²) in [6.07, 6.45) is 1.91. The molecule has 0 saturated carbocycles. The van der Waals surface area contributed by atoms with Crippen molar-refractivity contribution in [1.82, 2.24) is 4.90 Å². The van der Waals surface area contributed by atoms with Gasteiger partial charge in [-0.1, -0.05) is 28.1 Å². The van der Waals surface area contributed by atoms with Crippen LogP contribution in [0.25, 0.3) is 0 Å². The van der Waals surface area contributed by atoms with Gasteiger partial charge in [-0.05, 0) is 36.6 Å². The molecule has 0 radical (unpaired) electrons. The van der Waals surface area contributed by atoms with Crippen LogP contribution >= 0.6 is 27.7 Å². The average molecular weight is 411 g/mol. The summed E-state index contributed by atoms with van der Waals surface area (Å²) in [5.41, 5.74) is 0.615. The molecule has 24 heavy (non-hydrogen) atoms. The zero-order valence-electron chi connectivity index (χ0n) is 13.2. The van der Waals surface area contributed by atoms with Crippen LogP contribution in [0.4, 0.5) is 10.1 Å². The number of hydrogen-bond acceptors (Lipinski definition) is 3. The zero-order valence-corrected chi connectivity index (χ0v) is 15.6. The molecule has 4 nitrogen and oxygen atoms in total. The smallest absolute Gasteiger partial charge is 0.257 e. The van der Waals surface area contributed by atoms with Crippen LogP contribution in [0.15, 0.2) is 51.8 Å². The lowest BCUT2D eigenvalue weighted by atomic mass is 10.2. The number of nitrogens with zero attached hydrogens (tertiary/aromatic N) is 1. The van der Waals surface area contributed by atoms with E-state index in [1.165, 1.54) is 35.8 Å². The van der Waals surface area contributed by atoms with E-state index in [2.05, 4.69) is 21.2 Å². The van der Waals surface area contributed by atoms with Crippen molar-refractivity contribution in [3.05, 3.63) is 58.3 Å². The van der Waals surface area contributed by atoms with Gasteiger partial charge in [0.15, 0.2) is 0 Å². The fraction of sp³-hybridized carbons (Fsp3) is 0.176. The Kier molecular flexibility index (Phi) is 6.39. The first-order chi connectivity index (χ1) is 11.4. The second-order valence-corrected chi connectivity index (χ2v) is 6.80. The number of carbonyl (C=O) groups is 2. The Morgan fingerprint density at radius 3 is 2.62 bits per heavy atom. The first-order valence-corrected chi connectivity index (χ1v) is 9.07. The summed E-state index contributed by atoms with van der Waals surface area (Å²) in [5.74, 6) is -1.52. The summed E-state index contributed by atoms with van der Waals surface area (Å²) >= 11 is 4.66. The normalized spacial score (nSPS) is 10.3. The number of hydrogen-bond donors (Lipinski definition) is 1. The molecule has 7 heteroatoms. The number of rotatable bonds is 5. The van der Waals surface area contributed by atoms with Crippen molar-refractivity contribution < 1.29 is 14.0 Å². The summed E-state index contributed by atoms with van der Waals surface area (Å²) in [6.45, 7) is -0.170. The first kappa shape index (κ1) is 18.5. The number of thioether (sulfide) groups is 1. The predicted molar refractivity (Wildman–Crippen MR) is 97.9 cm³/mol. The van der Waals surface area contributed by atoms with Gasteiger partial charge in [-0.3, -0.25) is 9.59 Å². The van der Waals surface area contributed by atoms with E-state index in [0.717, 1.165) is 4.90 Å². The van der Waals surface area contributed by atoms with Crippen molar-refractivity contribution in [1.29, 1.82) is 0 Å². The molecule has 2 amide bonds. The van der Waals surface area contributed by atoms with E-state index in [1.54, 1.807) is 12.1 Å². The van der Waals surface area contributed by atoms with Gasteiger partial charge in [-0.25, -0.2) is 4.39 Å². The summed E-state index contributed by atoms with van der Waals surface area (Å²) in [4.78, 5) is 26.5. The Morgan fingerprint density at radius 2 is 1.96 bits per heavy atom. The predicted octanol–water partition coefficient (Wildman–Crippen LogP) is 4.02. The van der Waals surface area contributed by atoms with E-state index in [-0.39, 0.29) is 18.0 Å². The Labute approximate surface area is 152 Å². The van der Waals surface area contributed by atoms with Crippen molar-refractivity contribution in [2.75, 3.05) is 25.2 Å². The Morgan fingerprint density at radius 1 is 1.25 bits per heavy atom. The van der Waals surface area contributed by atoms with E-state index < -0.39 is 11.7 Å². The van der Waals surface area contributed by atoms with Crippen LogP contribution in [-0.4, -0.2) is 36.6 Å². The molecule has 2 aromatic rings. The van der Waals surface area contributed by atoms with Gasteiger partial charge >= 0.3 is 0 Å². The highest BCUT2D eigenvalue weighted by Crippen LogP contribution is 2.24. The number of benzene rings is 2. The second kappa shape index (κ2) is 8.30. The van der Waals surface area contributed by atoms with Crippen molar-refractivity contribution in [3.63, 3.8) is 0 Å². The van der Waals surface area contributed by atoms with Gasteiger partial charge in [0, 0.05) is 16.4 Å². The number of likely N-dealkylation sites (N-methyl/N-ethyl adjacent to an activating group) is 1. The molecule has 0 aromatic heterocycles. The fourth-order valence-corrected chi connectivity index (χ4v) is 2.98. The highest BCUT2D eigenvalue weighted by Gasteiger charge is 2.19. The largest absolute Gasteiger partial charge is 0.332 e. The van der Waals surface area contributed by atoms with E-state index in [9.17, 15) is 14.0 Å². The number of carbonyl (C=O) groups excluding carboxylic acids is 2. The third-order valence-electron chi connectivity index (χ3n) is 3.27. The SMILES string of the molecule is CSc1ccccc1NC(=O)CN(C)C(=O)c1ccc(Br)cc1F. The summed E-state index contributed by atoms with van der Waals surface area (Å²) in [7, 11) is 1.46. The number of nitrogens with one attached hydrogen (secondary N) is 1. The molecule has 0 saturated heterocycles. The molecule has 2 rings (SSSR count). The van der Waals surface area contributed by atoms with Crippen LogP contribution in [0.3, 0.4) is 0 Å². The lowest BCUT2D eigenvalue weighted by Crippen LogP contribution is -2.35. The maximum Gasteiger partial charge on any atom is 0.257 e. The number of anilines is 1. The Balaban J connectivity index is 2.04. The minimum atomic E-state index is -0.630. The van der Waals surface area contributed by atoms with Gasteiger partial charge < -0.3 is 10.2 Å². The first-order valence-electron chi connectivity index (χ1n) is 7.05. The summed E-state index contributed by atoms with van der Waals surface area (Å²) in [6, 6.07) is 11.6. The molecule has 0 aliphatic carbocycles.